The fraction of sp³-hybridized carbons (Fsp3) is 0.333. The molecule has 1 aliphatic rings. The van der Waals surface area contributed by atoms with E-state index in [1.807, 2.05) is 0 Å². The average Bonchev–Trinajstić information content (AvgIpc) is 2.90. The largest absolute Gasteiger partial charge is 0.494 e. The van der Waals surface area contributed by atoms with Crippen molar-refractivity contribution in [3.05, 3.63) is 24.0 Å². The van der Waals surface area contributed by atoms with Crippen molar-refractivity contribution in [3.63, 3.8) is 0 Å². The monoisotopic (exact) mass is 300 g/mol. The maximum absolute atomic E-state index is 13.1. The Bertz CT molecular complexity index is 540. The van der Waals surface area contributed by atoms with Gasteiger partial charge in [0.05, 0.1) is 18.7 Å². The van der Waals surface area contributed by atoms with Crippen LogP contribution in [0, 0.1) is 5.82 Å². The lowest BCUT2D eigenvalue weighted by Gasteiger charge is -2.21. The van der Waals surface area contributed by atoms with Gasteiger partial charge in [0.15, 0.2) is 0 Å². The Morgan fingerprint density at radius 3 is 2.95 bits per heavy atom. The second-order valence-corrected chi connectivity index (χ2v) is 5.10. The third-order valence-electron chi connectivity index (χ3n) is 2.83. The number of anilines is 1. The Kier molecular flexibility index (Phi) is 4.33. The van der Waals surface area contributed by atoms with Gasteiger partial charge < -0.3 is 20.1 Å². The van der Waals surface area contributed by atoms with Crippen LogP contribution in [0.1, 0.15) is 0 Å². The fourth-order valence-corrected chi connectivity index (χ4v) is 2.95. The molecule has 2 amide bonds. The van der Waals surface area contributed by atoms with E-state index >= 15 is 0 Å². The minimum Gasteiger partial charge on any atom is -0.494 e. The van der Waals surface area contributed by atoms with E-state index in [1.54, 1.807) is 0 Å². The number of benzene rings is 1. The molecule has 0 saturated carbocycles. The molecule has 2 N–H and O–H groups in total. The maximum Gasteiger partial charge on any atom is 0.327 e. The molecule has 1 atom stereocenters. The number of methoxy groups -OCH3 is 1. The summed E-state index contributed by atoms with van der Waals surface area (Å²) in [4.78, 5) is 24.3. The quantitative estimate of drug-likeness (QED) is 0.890. The predicted molar refractivity (Wildman–Crippen MR) is 72.6 cm³/mol. The molecule has 0 bridgehead atoms. The van der Waals surface area contributed by atoms with Crippen molar-refractivity contribution in [1.82, 2.24) is 4.90 Å². The summed E-state index contributed by atoms with van der Waals surface area (Å²) in [6, 6.07) is 2.29. The molecule has 0 spiro atoms. The molecule has 8 heteroatoms. The average molecular weight is 300 g/mol. The summed E-state index contributed by atoms with van der Waals surface area (Å²) in [5.41, 5.74) is 0.292. The van der Waals surface area contributed by atoms with E-state index in [2.05, 4.69) is 5.32 Å². The summed E-state index contributed by atoms with van der Waals surface area (Å²) < 4.78 is 18.0. The molecule has 0 aliphatic carbocycles. The van der Waals surface area contributed by atoms with Crippen LogP contribution in [0.5, 0.6) is 5.75 Å². The van der Waals surface area contributed by atoms with Crippen LogP contribution in [0.25, 0.3) is 0 Å². The highest BCUT2D eigenvalue weighted by molar-refractivity contribution is 7.99. The molecule has 1 fully saturated rings. The highest BCUT2D eigenvalue weighted by Crippen LogP contribution is 2.27. The number of nitrogens with one attached hydrogen (secondary N) is 1. The molecule has 1 aromatic carbocycles. The van der Waals surface area contributed by atoms with Gasteiger partial charge in [-0.1, -0.05) is 0 Å². The SMILES string of the molecule is COc1cc(F)ccc1NC(=O)N1CSCC1C(=O)O. The number of urea groups is 1. The highest BCUT2D eigenvalue weighted by atomic mass is 32.2. The number of thioether (sulfide) groups is 1. The molecular formula is C12H13FN2O4S. The van der Waals surface area contributed by atoms with E-state index in [0.29, 0.717) is 17.3 Å². The lowest BCUT2D eigenvalue weighted by molar-refractivity contribution is -0.140. The van der Waals surface area contributed by atoms with E-state index < -0.39 is 23.9 Å². The van der Waals surface area contributed by atoms with Crippen LogP contribution in [-0.2, 0) is 4.79 Å². The van der Waals surface area contributed by atoms with Gasteiger partial charge >= 0.3 is 12.0 Å². The normalized spacial score (nSPS) is 17.9. The zero-order chi connectivity index (χ0) is 14.7. The number of carbonyl (C=O) groups excluding carboxylic acids is 1. The molecule has 6 nitrogen and oxygen atoms in total. The molecule has 1 aromatic rings. The maximum atomic E-state index is 13.1. The molecule has 1 unspecified atom stereocenters. The first kappa shape index (κ1) is 14.4. The summed E-state index contributed by atoms with van der Waals surface area (Å²) >= 11 is 1.36. The molecule has 20 heavy (non-hydrogen) atoms. The lowest BCUT2D eigenvalue weighted by Crippen LogP contribution is -2.44. The number of ether oxygens (including phenoxy) is 1. The zero-order valence-electron chi connectivity index (χ0n) is 10.6. The number of rotatable bonds is 3. The summed E-state index contributed by atoms with van der Waals surface area (Å²) in [5, 5.41) is 11.6. The van der Waals surface area contributed by atoms with Gasteiger partial charge in [0.2, 0.25) is 0 Å². The number of hydrogen-bond acceptors (Lipinski definition) is 4. The molecule has 0 radical (unpaired) electrons. The number of hydrogen-bond donors (Lipinski definition) is 2. The number of carboxylic acids is 1. The van der Waals surface area contributed by atoms with E-state index in [1.165, 1.54) is 35.9 Å². The van der Waals surface area contributed by atoms with E-state index in [-0.39, 0.29) is 5.75 Å². The van der Waals surface area contributed by atoms with Crippen molar-refractivity contribution in [2.24, 2.45) is 0 Å². The van der Waals surface area contributed by atoms with Gasteiger partial charge in [0.25, 0.3) is 0 Å². The second-order valence-electron chi connectivity index (χ2n) is 4.10. The number of nitrogens with zero attached hydrogens (tertiary/aromatic N) is 1. The van der Waals surface area contributed by atoms with Crippen LogP contribution >= 0.6 is 11.8 Å². The standard InChI is InChI=1S/C12H13FN2O4S/c1-19-10-4-7(13)2-3-8(10)14-12(18)15-6-20-5-9(15)11(16)17/h2-4,9H,5-6H2,1H3,(H,14,18)(H,16,17). The Balaban J connectivity index is 2.13. The molecule has 1 aliphatic heterocycles. The Morgan fingerprint density at radius 1 is 1.55 bits per heavy atom. The Morgan fingerprint density at radius 2 is 2.30 bits per heavy atom. The molecule has 1 heterocycles. The minimum absolute atomic E-state index is 0.178. The van der Waals surface area contributed by atoms with E-state index in [4.69, 9.17) is 9.84 Å². The Hall–Kier alpha value is -1.96. The zero-order valence-corrected chi connectivity index (χ0v) is 11.4. The smallest absolute Gasteiger partial charge is 0.327 e. The number of halogens is 1. The highest BCUT2D eigenvalue weighted by Gasteiger charge is 2.34. The van der Waals surface area contributed by atoms with Crippen LogP contribution < -0.4 is 10.1 Å². The first-order chi connectivity index (χ1) is 9.52. The van der Waals surface area contributed by atoms with Crippen LogP contribution in [0.4, 0.5) is 14.9 Å². The number of carboxylic acid groups (broad SMARTS) is 1. The second kappa shape index (κ2) is 6.00. The van der Waals surface area contributed by atoms with Crippen molar-refractivity contribution in [3.8, 4) is 5.75 Å². The predicted octanol–water partition coefficient (Wildman–Crippen LogP) is 1.83. The van der Waals surface area contributed by atoms with Crippen molar-refractivity contribution in [2.45, 2.75) is 6.04 Å². The van der Waals surface area contributed by atoms with Crippen LogP contribution in [0.3, 0.4) is 0 Å². The van der Waals surface area contributed by atoms with Gasteiger partial charge in [-0.25, -0.2) is 14.0 Å². The summed E-state index contributed by atoms with van der Waals surface area (Å²) in [5.74, 6) is -0.705. The molecule has 2 rings (SSSR count). The van der Waals surface area contributed by atoms with Crippen LogP contribution in [-0.4, -0.2) is 46.8 Å². The van der Waals surface area contributed by atoms with Crippen molar-refractivity contribution in [1.29, 1.82) is 0 Å². The van der Waals surface area contributed by atoms with Gasteiger partial charge in [0.1, 0.15) is 17.6 Å². The molecule has 108 valence electrons. The number of aliphatic carboxylic acids is 1. The molecule has 1 saturated heterocycles. The van der Waals surface area contributed by atoms with Gasteiger partial charge in [-0.2, -0.15) is 0 Å². The van der Waals surface area contributed by atoms with Gasteiger partial charge in [0, 0.05) is 11.8 Å². The van der Waals surface area contributed by atoms with E-state index in [0.717, 1.165) is 6.07 Å². The summed E-state index contributed by atoms with van der Waals surface area (Å²) in [6.07, 6.45) is 0. The lowest BCUT2D eigenvalue weighted by atomic mass is 10.2. The first-order valence-corrected chi connectivity index (χ1v) is 6.90. The van der Waals surface area contributed by atoms with Crippen LogP contribution in [0.15, 0.2) is 18.2 Å². The van der Waals surface area contributed by atoms with Crippen molar-refractivity contribution in [2.75, 3.05) is 24.1 Å². The number of amides is 2. The van der Waals surface area contributed by atoms with Crippen LogP contribution in [0.2, 0.25) is 0 Å². The van der Waals surface area contributed by atoms with E-state index in [9.17, 15) is 14.0 Å². The fourth-order valence-electron chi connectivity index (χ4n) is 1.80. The third kappa shape index (κ3) is 2.96. The van der Waals surface area contributed by atoms with Gasteiger partial charge in [-0.05, 0) is 12.1 Å². The van der Waals surface area contributed by atoms with Crippen molar-refractivity contribution < 1.29 is 23.8 Å². The number of carbonyl (C=O) groups is 2. The first-order valence-electron chi connectivity index (χ1n) is 5.74. The topological polar surface area (TPSA) is 78.9 Å². The van der Waals surface area contributed by atoms with Crippen molar-refractivity contribution >= 4 is 29.4 Å². The molecular weight excluding hydrogens is 287 g/mol. The summed E-state index contributed by atoms with van der Waals surface area (Å²) in [7, 11) is 1.36. The third-order valence-corrected chi connectivity index (χ3v) is 3.85. The molecule has 0 aromatic heterocycles. The summed E-state index contributed by atoms with van der Waals surface area (Å²) in [6.45, 7) is 0. The van der Waals surface area contributed by atoms with Gasteiger partial charge in [-0.15, -0.1) is 11.8 Å². The minimum atomic E-state index is -1.05. The Labute approximate surface area is 118 Å². The van der Waals surface area contributed by atoms with Gasteiger partial charge in [-0.3, -0.25) is 0 Å².